The van der Waals surface area contributed by atoms with Gasteiger partial charge < -0.3 is 10.2 Å². The van der Waals surface area contributed by atoms with Crippen LogP contribution in [0.5, 0.6) is 0 Å². The topological polar surface area (TPSA) is 49.4 Å². The Labute approximate surface area is 120 Å². The van der Waals surface area contributed by atoms with Crippen molar-refractivity contribution in [1.82, 2.24) is 10.2 Å². The first-order chi connectivity index (χ1) is 8.76. The lowest BCUT2D eigenvalue weighted by Crippen LogP contribution is -2.52. The van der Waals surface area contributed by atoms with E-state index in [4.69, 9.17) is 0 Å². The van der Waals surface area contributed by atoms with Crippen molar-refractivity contribution >= 4 is 23.6 Å². The number of carbonyl (C=O) groups is 2. The number of nitrogens with zero attached hydrogens (tertiary/aromatic N) is 1. The van der Waals surface area contributed by atoms with Crippen LogP contribution < -0.4 is 5.32 Å². The third-order valence-electron chi connectivity index (χ3n) is 2.79. The molecule has 5 heteroatoms. The van der Waals surface area contributed by atoms with Crippen LogP contribution in [-0.4, -0.2) is 39.9 Å². The predicted octanol–water partition coefficient (Wildman–Crippen LogP) is 2.16. The minimum absolute atomic E-state index is 0.0269. The van der Waals surface area contributed by atoms with Crippen LogP contribution in [0, 0.1) is 0 Å². The smallest absolute Gasteiger partial charge is 0.250 e. The van der Waals surface area contributed by atoms with Crippen LogP contribution in [-0.2, 0) is 9.59 Å². The van der Waals surface area contributed by atoms with Gasteiger partial charge >= 0.3 is 0 Å². The molecule has 0 radical (unpaired) electrons. The second-order valence-corrected chi connectivity index (χ2v) is 6.83. The molecule has 4 nitrogen and oxygen atoms in total. The molecule has 0 aromatic carbocycles. The minimum atomic E-state index is -0.350. The maximum absolute atomic E-state index is 12.3. The highest BCUT2D eigenvalue weighted by atomic mass is 32.2. The summed E-state index contributed by atoms with van der Waals surface area (Å²) in [5.74, 6) is 1.18. The van der Waals surface area contributed by atoms with Crippen LogP contribution in [0.15, 0.2) is 11.6 Å². The molecule has 1 N–H and O–H groups in total. The predicted molar refractivity (Wildman–Crippen MR) is 79.9 cm³/mol. The standard InChI is InChI=1S/C14H24N2O2S/c1-6-7-10(2)13(18)16-9-19-8-11(16)12(17)15-14(3,4)5/h7,11H,6,8-9H2,1-5H3,(H,15,17)/b10-7+/t11-/m0/s1. The largest absolute Gasteiger partial charge is 0.350 e. The summed E-state index contributed by atoms with van der Waals surface area (Å²) >= 11 is 1.63. The van der Waals surface area contributed by atoms with Gasteiger partial charge in [-0.2, -0.15) is 0 Å². The summed E-state index contributed by atoms with van der Waals surface area (Å²) < 4.78 is 0. The summed E-state index contributed by atoms with van der Waals surface area (Å²) in [5, 5.41) is 2.95. The number of allylic oxidation sites excluding steroid dienone is 1. The first-order valence-corrected chi connectivity index (χ1v) is 7.79. The summed E-state index contributed by atoms with van der Waals surface area (Å²) in [7, 11) is 0. The van der Waals surface area contributed by atoms with Crippen molar-refractivity contribution < 1.29 is 9.59 Å². The Morgan fingerprint density at radius 3 is 2.58 bits per heavy atom. The van der Waals surface area contributed by atoms with Crippen LogP contribution in [0.4, 0.5) is 0 Å². The second kappa shape index (κ2) is 6.46. The Morgan fingerprint density at radius 2 is 2.05 bits per heavy atom. The van der Waals surface area contributed by atoms with Crippen molar-refractivity contribution in [1.29, 1.82) is 0 Å². The van der Waals surface area contributed by atoms with E-state index in [2.05, 4.69) is 5.32 Å². The van der Waals surface area contributed by atoms with Crippen molar-refractivity contribution in [2.45, 2.75) is 52.6 Å². The van der Waals surface area contributed by atoms with Gasteiger partial charge in [0, 0.05) is 16.9 Å². The van der Waals surface area contributed by atoms with E-state index in [0.29, 0.717) is 11.6 Å². The van der Waals surface area contributed by atoms with E-state index in [-0.39, 0.29) is 23.4 Å². The number of thioether (sulfide) groups is 1. The van der Waals surface area contributed by atoms with E-state index >= 15 is 0 Å². The van der Waals surface area contributed by atoms with E-state index in [9.17, 15) is 9.59 Å². The summed E-state index contributed by atoms with van der Waals surface area (Å²) in [6.07, 6.45) is 2.74. The molecular weight excluding hydrogens is 260 g/mol. The van der Waals surface area contributed by atoms with Crippen molar-refractivity contribution in [2.75, 3.05) is 11.6 Å². The molecule has 0 bridgehead atoms. The fourth-order valence-corrected chi connectivity index (χ4v) is 3.09. The van der Waals surface area contributed by atoms with Crippen LogP contribution in [0.25, 0.3) is 0 Å². The SMILES string of the molecule is CC/C=C(\C)C(=O)N1CSC[C@H]1C(=O)NC(C)(C)C. The number of hydrogen-bond acceptors (Lipinski definition) is 3. The average Bonchev–Trinajstić information content (AvgIpc) is 2.74. The van der Waals surface area contributed by atoms with Crippen LogP contribution in [0.3, 0.4) is 0 Å². The normalized spacial score (nSPS) is 20.6. The highest BCUT2D eigenvalue weighted by Crippen LogP contribution is 2.23. The van der Waals surface area contributed by atoms with Gasteiger partial charge in [0.15, 0.2) is 0 Å². The van der Waals surface area contributed by atoms with E-state index in [0.717, 1.165) is 12.0 Å². The van der Waals surface area contributed by atoms with Crippen molar-refractivity contribution in [3.63, 3.8) is 0 Å². The van der Waals surface area contributed by atoms with Gasteiger partial charge in [-0.1, -0.05) is 13.0 Å². The Kier molecular flexibility index (Phi) is 5.47. The van der Waals surface area contributed by atoms with Gasteiger partial charge in [0.05, 0.1) is 5.88 Å². The molecule has 2 amide bonds. The Hall–Kier alpha value is -0.970. The molecule has 0 aliphatic carbocycles. The molecule has 0 spiro atoms. The fourth-order valence-electron chi connectivity index (χ4n) is 1.93. The van der Waals surface area contributed by atoms with Gasteiger partial charge in [-0.15, -0.1) is 11.8 Å². The van der Waals surface area contributed by atoms with Gasteiger partial charge in [0.1, 0.15) is 6.04 Å². The lowest BCUT2D eigenvalue weighted by Gasteiger charge is -2.27. The third kappa shape index (κ3) is 4.56. The molecule has 0 unspecified atom stereocenters. The lowest BCUT2D eigenvalue weighted by molar-refractivity contribution is -0.136. The molecule has 0 aromatic heterocycles. The molecule has 1 aliphatic heterocycles. The van der Waals surface area contributed by atoms with Gasteiger partial charge in [0.25, 0.3) is 5.91 Å². The molecule has 19 heavy (non-hydrogen) atoms. The van der Waals surface area contributed by atoms with Crippen molar-refractivity contribution in [3.05, 3.63) is 11.6 Å². The first-order valence-electron chi connectivity index (χ1n) is 6.63. The third-order valence-corrected chi connectivity index (χ3v) is 3.80. The summed E-state index contributed by atoms with van der Waals surface area (Å²) in [6, 6.07) is -0.350. The quantitative estimate of drug-likeness (QED) is 0.808. The van der Waals surface area contributed by atoms with E-state index in [1.807, 2.05) is 40.7 Å². The van der Waals surface area contributed by atoms with Crippen LogP contribution >= 0.6 is 11.8 Å². The number of carbonyl (C=O) groups excluding carboxylic acids is 2. The van der Waals surface area contributed by atoms with Crippen molar-refractivity contribution in [2.24, 2.45) is 0 Å². The number of hydrogen-bond donors (Lipinski definition) is 1. The summed E-state index contributed by atoms with van der Waals surface area (Å²) in [5.41, 5.74) is 0.450. The zero-order valence-electron chi connectivity index (χ0n) is 12.4. The summed E-state index contributed by atoms with van der Waals surface area (Å²) in [6.45, 7) is 9.65. The molecule has 108 valence electrons. The zero-order valence-corrected chi connectivity index (χ0v) is 13.3. The molecule has 0 saturated carbocycles. The van der Waals surface area contributed by atoms with Crippen LogP contribution in [0.2, 0.25) is 0 Å². The van der Waals surface area contributed by atoms with Crippen LogP contribution in [0.1, 0.15) is 41.0 Å². The first kappa shape index (κ1) is 16.1. The molecule has 1 atom stereocenters. The van der Waals surface area contributed by atoms with E-state index in [1.165, 1.54) is 0 Å². The molecular formula is C14H24N2O2S. The second-order valence-electron chi connectivity index (χ2n) is 5.83. The molecule has 1 saturated heterocycles. The van der Waals surface area contributed by atoms with Gasteiger partial charge in [0.2, 0.25) is 5.91 Å². The maximum atomic E-state index is 12.3. The molecule has 1 aliphatic rings. The summed E-state index contributed by atoms with van der Waals surface area (Å²) in [4.78, 5) is 26.2. The Bertz CT molecular complexity index is 385. The fraction of sp³-hybridized carbons (Fsp3) is 0.714. The highest BCUT2D eigenvalue weighted by Gasteiger charge is 2.36. The monoisotopic (exact) mass is 284 g/mol. The molecule has 1 rings (SSSR count). The molecule has 1 heterocycles. The minimum Gasteiger partial charge on any atom is -0.350 e. The van der Waals surface area contributed by atoms with Gasteiger partial charge in [-0.3, -0.25) is 9.59 Å². The number of amides is 2. The maximum Gasteiger partial charge on any atom is 0.250 e. The number of rotatable bonds is 3. The van der Waals surface area contributed by atoms with E-state index < -0.39 is 0 Å². The highest BCUT2D eigenvalue weighted by molar-refractivity contribution is 7.99. The Balaban J connectivity index is 2.77. The van der Waals surface area contributed by atoms with Gasteiger partial charge in [-0.25, -0.2) is 0 Å². The van der Waals surface area contributed by atoms with Gasteiger partial charge in [-0.05, 0) is 34.1 Å². The van der Waals surface area contributed by atoms with E-state index in [1.54, 1.807) is 16.7 Å². The van der Waals surface area contributed by atoms with Crippen molar-refractivity contribution in [3.8, 4) is 0 Å². The average molecular weight is 284 g/mol. The lowest BCUT2D eigenvalue weighted by atomic mass is 10.1. The number of nitrogens with one attached hydrogen (secondary N) is 1. The Morgan fingerprint density at radius 1 is 1.42 bits per heavy atom. The zero-order chi connectivity index (χ0) is 14.6. The molecule has 1 fully saturated rings. The molecule has 0 aromatic rings.